The Bertz CT molecular complexity index is 623. The van der Waals surface area contributed by atoms with Crippen LogP contribution in [0.2, 0.25) is 0 Å². The third-order valence-electron chi connectivity index (χ3n) is 3.88. The first-order valence-corrected chi connectivity index (χ1v) is 6.73. The van der Waals surface area contributed by atoms with E-state index in [-0.39, 0.29) is 6.42 Å². The summed E-state index contributed by atoms with van der Waals surface area (Å²) in [5, 5.41) is 10.1. The van der Waals surface area contributed by atoms with Gasteiger partial charge in [0.1, 0.15) is 0 Å². The topological polar surface area (TPSA) is 42.2 Å². The molecule has 1 aromatic carbocycles. The van der Waals surface area contributed by atoms with E-state index in [0.717, 1.165) is 11.2 Å². The number of carbonyl (C=O) groups is 1. The minimum Gasteiger partial charge on any atom is -0.481 e. The van der Waals surface area contributed by atoms with E-state index >= 15 is 0 Å². The largest absolute Gasteiger partial charge is 0.481 e. The third kappa shape index (κ3) is 2.50. The fraction of sp³-hybridized carbons (Fsp3) is 0.438. The van der Waals surface area contributed by atoms with Crippen LogP contribution in [0.25, 0.3) is 10.9 Å². The summed E-state index contributed by atoms with van der Waals surface area (Å²) >= 11 is 0. The number of aliphatic carboxylic acids is 1. The van der Waals surface area contributed by atoms with Crippen LogP contribution in [0.4, 0.5) is 0 Å². The molecule has 0 spiro atoms. The van der Waals surface area contributed by atoms with Crippen molar-refractivity contribution < 1.29 is 9.90 Å². The molecule has 0 unspecified atom stereocenters. The van der Waals surface area contributed by atoms with Crippen molar-refractivity contribution in [3.8, 4) is 0 Å². The molecule has 3 heteroatoms. The van der Waals surface area contributed by atoms with Crippen LogP contribution < -0.4 is 0 Å². The van der Waals surface area contributed by atoms with Gasteiger partial charge in [0.05, 0.1) is 6.42 Å². The number of hydrogen-bond donors (Lipinski definition) is 1. The maximum absolute atomic E-state index is 10.8. The molecule has 0 radical (unpaired) electrons. The summed E-state index contributed by atoms with van der Waals surface area (Å²) < 4.78 is 2.11. The lowest BCUT2D eigenvalue weighted by molar-refractivity contribution is -0.137. The zero-order chi connectivity index (χ0) is 14.2. The zero-order valence-corrected chi connectivity index (χ0v) is 12.0. The molecule has 0 fully saturated rings. The number of fused-ring (bicyclic) bond motifs is 1. The molecule has 0 saturated carbocycles. The van der Waals surface area contributed by atoms with Crippen LogP contribution in [-0.2, 0) is 11.3 Å². The summed E-state index contributed by atoms with van der Waals surface area (Å²) in [4.78, 5) is 10.8. The van der Waals surface area contributed by atoms with Gasteiger partial charge in [-0.25, -0.2) is 0 Å². The number of aromatic nitrogens is 1. The number of nitrogens with zero attached hydrogens (tertiary/aromatic N) is 1. The molecule has 0 saturated heterocycles. The molecule has 1 heterocycles. The van der Waals surface area contributed by atoms with E-state index < -0.39 is 5.97 Å². The summed E-state index contributed by atoms with van der Waals surface area (Å²) in [7, 11) is 0. The Labute approximate surface area is 113 Å². The standard InChI is InChI=1S/C16H21NO2/c1-10(2)13-5-6-15-14(9-13)11(3)12(4)17(15)8-7-16(18)19/h5-6,9-10H,7-8H2,1-4H3,(H,18,19). The van der Waals surface area contributed by atoms with E-state index in [4.69, 9.17) is 5.11 Å². The molecule has 0 atom stereocenters. The fourth-order valence-electron chi connectivity index (χ4n) is 2.52. The lowest BCUT2D eigenvalue weighted by Gasteiger charge is -2.08. The summed E-state index contributed by atoms with van der Waals surface area (Å²) in [5.41, 5.74) is 4.88. The van der Waals surface area contributed by atoms with Crippen LogP contribution in [-0.4, -0.2) is 15.6 Å². The van der Waals surface area contributed by atoms with Crippen molar-refractivity contribution in [2.45, 2.75) is 46.6 Å². The lowest BCUT2D eigenvalue weighted by Crippen LogP contribution is -2.05. The fourth-order valence-corrected chi connectivity index (χ4v) is 2.52. The van der Waals surface area contributed by atoms with E-state index in [2.05, 4.69) is 50.5 Å². The molecule has 1 aromatic heterocycles. The smallest absolute Gasteiger partial charge is 0.305 e. The molecule has 0 aliphatic carbocycles. The van der Waals surface area contributed by atoms with Gasteiger partial charge in [-0.1, -0.05) is 19.9 Å². The molecular formula is C16H21NO2. The monoisotopic (exact) mass is 259 g/mol. The van der Waals surface area contributed by atoms with Crippen molar-refractivity contribution in [1.82, 2.24) is 4.57 Å². The van der Waals surface area contributed by atoms with Crippen LogP contribution in [0, 0.1) is 13.8 Å². The second-order valence-electron chi connectivity index (χ2n) is 5.44. The molecule has 102 valence electrons. The van der Waals surface area contributed by atoms with Crippen molar-refractivity contribution in [3.63, 3.8) is 0 Å². The Hall–Kier alpha value is -1.77. The Morgan fingerprint density at radius 1 is 1.32 bits per heavy atom. The first kappa shape index (κ1) is 13.7. The van der Waals surface area contributed by atoms with Crippen LogP contribution in [0.15, 0.2) is 18.2 Å². The molecule has 2 aromatic rings. The molecule has 0 aliphatic heterocycles. The Kier molecular flexibility index (Phi) is 3.65. The molecule has 3 nitrogen and oxygen atoms in total. The molecule has 19 heavy (non-hydrogen) atoms. The van der Waals surface area contributed by atoms with E-state index in [1.54, 1.807) is 0 Å². The number of rotatable bonds is 4. The average molecular weight is 259 g/mol. The van der Waals surface area contributed by atoms with Crippen molar-refractivity contribution in [2.75, 3.05) is 0 Å². The van der Waals surface area contributed by atoms with Gasteiger partial charge in [-0.2, -0.15) is 0 Å². The highest BCUT2D eigenvalue weighted by Gasteiger charge is 2.12. The maximum Gasteiger partial charge on any atom is 0.305 e. The van der Waals surface area contributed by atoms with Crippen LogP contribution >= 0.6 is 0 Å². The van der Waals surface area contributed by atoms with Gasteiger partial charge < -0.3 is 9.67 Å². The third-order valence-corrected chi connectivity index (χ3v) is 3.88. The van der Waals surface area contributed by atoms with Crippen LogP contribution in [0.1, 0.15) is 43.0 Å². The Balaban J connectivity index is 2.53. The van der Waals surface area contributed by atoms with E-state index in [0.29, 0.717) is 12.5 Å². The second kappa shape index (κ2) is 5.08. The molecular weight excluding hydrogens is 238 g/mol. The van der Waals surface area contributed by atoms with Crippen molar-refractivity contribution >= 4 is 16.9 Å². The highest BCUT2D eigenvalue weighted by Crippen LogP contribution is 2.28. The average Bonchev–Trinajstić information content (AvgIpc) is 2.59. The van der Waals surface area contributed by atoms with Crippen molar-refractivity contribution in [3.05, 3.63) is 35.0 Å². The molecule has 1 N–H and O–H groups in total. The number of hydrogen-bond acceptors (Lipinski definition) is 1. The number of carboxylic acid groups (broad SMARTS) is 1. The van der Waals surface area contributed by atoms with E-state index in [1.807, 2.05) is 0 Å². The predicted octanol–water partition coefficient (Wildman–Crippen LogP) is 3.86. The zero-order valence-electron chi connectivity index (χ0n) is 12.0. The lowest BCUT2D eigenvalue weighted by atomic mass is 10.0. The predicted molar refractivity (Wildman–Crippen MR) is 77.8 cm³/mol. The summed E-state index contributed by atoms with van der Waals surface area (Å²) in [6, 6.07) is 6.50. The Morgan fingerprint density at radius 3 is 2.58 bits per heavy atom. The first-order chi connectivity index (χ1) is 8.91. The normalized spacial score (nSPS) is 11.4. The minimum atomic E-state index is -0.752. The van der Waals surface area contributed by atoms with Gasteiger partial charge >= 0.3 is 5.97 Å². The van der Waals surface area contributed by atoms with Gasteiger partial charge in [0, 0.05) is 23.1 Å². The molecule has 0 bridgehead atoms. The SMILES string of the molecule is Cc1c(C)n(CCC(=O)O)c2ccc(C(C)C)cc12. The summed E-state index contributed by atoms with van der Waals surface area (Å²) in [5.74, 6) is -0.246. The molecule has 0 aliphatic rings. The quantitative estimate of drug-likeness (QED) is 0.906. The minimum absolute atomic E-state index is 0.163. The van der Waals surface area contributed by atoms with Crippen LogP contribution in [0.5, 0.6) is 0 Å². The summed E-state index contributed by atoms with van der Waals surface area (Å²) in [6.45, 7) is 9.08. The van der Waals surface area contributed by atoms with Gasteiger partial charge in [-0.05, 0) is 43.0 Å². The van der Waals surface area contributed by atoms with Gasteiger partial charge in [0.15, 0.2) is 0 Å². The second-order valence-corrected chi connectivity index (χ2v) is 5.44. The molecule has 2 rings (SSSR count). The van der Waals surface area contributed by atoms with E-state index in [9.17, 15) is 4.79 Å². The van der Waals surface area contributed by atoms with Gasteiger partial charge in [-0.3, -0.25) is 4.79 Å². The number of benzene rings is 1. The van der Waals surface area contributed by atoms with Crippen molar-refractivity contribution in [2.24, 2.45) is 0 Å². The van der Waals surface area contributed by atoms with Gasteiger partial charge in [-0.15, -0.1) is 0 Å². The highest BCUT2D eigenvalue weighted by atomic mass is 16.4. The van der Waals surface area contributed by atoms with E-state index in [1.165, 1.54) is 16.5 Å². The first-order valence-electron chi connectivity index (χ1n) is 6.73. The van der Waals surface area contributed by atoms with Crippen LogP contribution in [0.3, 0.4) is 0 Å². The van der Waals surface area contributed by atoms with Gasteiger partial charge in [0.25, 0.3) is 0 Å². The summed E-state index contributed by atoms with van der Waals surface area (Å²) in [6.07, 6.45) is 0.163. The number of aryl methyl sites for hydroxylation is 2. The molecule has 0 amide bonds. The maximum atomic E-state index is 10.8. The van der Waals surface area contributed by atoms with Crippen molar-refractivity contribution in [1.29, 1.82) is 0 Å². The highest BCUT2D eigenvalue weighted by molar-refractivity contribution is 5.86. The van der Waals surface area contributed by atoms with Gasteiger partial charge in [0.2, 0.25) is 0 Å². The number of carboxylic acids is 1. The Morgan fingerprint density at radius 2 is 2.00 bits per heavy atom.